The number of hydrogen-bond acceptors (Lipinski definition) is 5. The number of aromatic nitrogens is 2. The molecule has 0 aliphatic carbocycles. The van der Waals surface area contributed by atoms with E-state index < -0.39 is 6.10 Å². The van der Waals surface area contributed by atoms with Gasteiger partial charge in [-0.05, 0) is 31.9 Å². The van der Waals surface area contributed by atoms with Gasteiger partial charge in [0.05, 0.1) is 5.69 Å². The second kappa shape index (κ2) is 7.89. The summed E-state index contributed by atoms with van der Waals surface area (Å²) in [5.74, 6) is 2.42. The van der Waals surface area contributed by atoms with Crippen LogP contribution in [-0.4, -0.2) is 47.2 Å². The van der Waals surface area contributed by atoms with Gasteiger partial charge in [0.15, 0.2) is 0 Å². The molecule has 0 bridgehead atoms. The average molecular weight is 344 g/mol. The molecule has 0 saturated carbocycles. The first kappa shape index (κ1) is 17.8. The number of hydrogen-bond donors (Lipinski definition) is 3. The molecule has 3 rings (SSSR count). The number of nitrogens with one attached hydrogen (secondary N) is 2. The number of rotatable bonds is 7. The van der Waals surface area contributed by atoms with Gasteiger partial charge in [-0.25, -0.2) is 4.68 Å². The molecule has 2 unspecified atom stereocenters. The molecule has 6 nitrogen and oxygen atoms in total. The fourth-order valence-corrected chi connectivity index (χ4v) is 3.24. The number of aryl methyl sites for hydroxylation is 3. The molecule has 3 N–H and O–H groups in total. The number of aliphatic hydroxyl groups excluding tert-OH is 1. The van der Waals surface area contributed by atoms with Crippen molar-refractivity contribution < 1.29 is 9.84 Å². The molecule has 1 aliphatic heterocycles. The Hall–Kier alpha value is -2.05. The Kier molecular flexibility index (Phi) is 5.60. The van der Waals surface area contributed by atoms with E-state index in [0.29, 0.717) is 19.1 Å². The quantitative estimate of drug-likeness (QED) is 0.715. The predicted octanol–water partition coefficient (Wildman–Crippen LogP) is 1.88. The molecular formula is C19H28N4O2. The van der Waals surface area contributed by atoms with Crippen LogP contribution in [0.15, 0.2) is 24.3 Å². The van der Waals surface area contributed by atoms with Crippen LogP contribution < -0.4 is 15.4 Å². The van der Waals surface area contributed by atoms with Crippen LogP contribution in [0, 0.1) is 26.7 Å². The number of benzene rings is 1. The molecule has 1 aromatic carbocycles. The molecule has 0 radical (unpaired) electrons. The maximum atomic E-state index is 10.2. The van der Waals surface area contributed by atoms with E-state index in [1.165, 1.54) is 0 Å². The third-order valence-corrected chi connectivity index (χ3v) is 4.55. The first-order valence-corrected chi connectivity index (χ1v) is 8.89. The minimum atomic E-state index is -0.530. The first-order valence-electron chi connectivity index (χ1n) is 8.89. The van der Waals surface area contributed by atoms with Gasteiger partial charge in [-0.2, -0.15) is 5.10 Å². The van der Waals surface area contributed by atoms with E-state index in [-0.39, 0.29) is 0 Å². The van der Waals surface area contributed by atoms with E-state index in [2.05, 4.69) is 21.8 Å². The van der Waals surface area contributed by atoms with Crippen LogP contribution in [0.1, 0.15) is 16.8 Å². The Morgan fingerprint density at radius 3 is 2.88 bits per heavy atom. The molecule has 0 saturated heterocycles. The Labute approximate surface area is 149 Å². The van der Waals surface area contributed by atoms with Crippen molar-refractivity contribution in [1.82, 2.24) is 15.1 Å². The second-order valence-corrected chi connectivity index (χ2v) is 6.94. The van der Waals surface area contributed by atoms with Gasteiger partial charge in [-0.3, -0.25) is 0 Å². The summed E-state index contributed by atoms with van der Waals surface area (Å²) in [6.07, 6.45) is -0.530. The first-order chi connectivity index (χ1) is 12.0. The van der Waals surface area contributed by atoms with Crippen molar-refractivity contribution in [2.24, 2.45) is 5.92 Å². The van der Waals surface area contributed by atoms with Crippen molar-refractivity contribution >= 4 is 5.82 Å². The maximum Gasteiger partial charge on any atom is 0.125 e. The Balaban J connectivity index is 1.39. The topological polar surface area (TPSA) is 71.3 Å². The zero-order valence-electron chi connectivity index (χ0n) is 15.2. The van der Waals surface area contributed by atoms with E-state index in [1.807, 2.05) is 43.7 Å². The van der Waals surface area contributed by atoms with E-state index in [9.17, 15) is 5.11 Å². The molecule has 1 aliphatic rings. The van der Waals surface area contributed by atoms with E-state index >= 15 is 0 Å². The molecule has 0 amide bonds. The monoisotopic (exact) mass is 344 g/mol. The Bertz CT molecular complexity index is 693. The molecule has 1 aromatic heterocycles. The smallest absolute Gasteiger partial charge is 0.125 e. The Morgan fingerprint density at radius 2 is 2.12 bits per heavy atom. The number of para-hydroxylation sites is 1. The van der Waals surface area contributed by atoms with E-state index in [1.54, 1.807) is 0 Å². The number of aliphatic hydroxyl groups is 1. The lowest BCUT2D eigenvalue weighted by molar-refractivity contribution is 0.104. The van der Waals surface area contributed by atoms with Gasteiger partial charge >= 0.3 is 0 Å². The highest BCUT2D eigenvalue weighted by molar-refractivity contribution is 5.40. The van der Waals surface area contributed by atoms with Crippen molar-refractivity contribution in [2.45, 2.75) is 33.4 Å². The van der Waals surface area contributed by atoms with Crippen LogP contribution in [0.4, 0.5) is 5.82 Å². The number of fused-ring (bicyclic) bond motifs is 1. The highest BCUT2D eigenvalue weighted by atomic mass is 16.5. The lowest BCUT2D eigenvalue weighted by Gasteiger charge is -2.25. The zero-order chi connectivity index (χ0) is 17.8. The van der Waals surface area contributed by atoms with Crippen molar-refractivity contribution in [3.8, 4) is 5.75 Å². The van der Waals surface area contributed by atoms with Crippen LogP contribution in [0.5, 0.6) is 5.75 Å². The van der Waals surface area contributed by atoms with Crippen LogP contribution in [-0.2, 0) is 6.54 Å². The summed E-state index contributed by atoms with van der Waals surface area (Å²) < 4.78 is 7.82. The number of ether oxygens (including phenoxy) is 1. The Morgan fingerprint density at radius 1 is 1.36 bits per heavy atom. The second-order valence-electron chi connectivity index (χ2n) is 6.94. The van der Waals surface area contributed by atoms with E-state index in [0.717, 1.165) is 48.0 Å². The molecule has 6 heteroatoms. The standard InChI is InChI=1S/C19H28N4O2/c1-13-5-4-6-14(2)19(13)25-12-17(24)10-20-8-16-9-21-18-7-15(3)22-23(18)11-16/h4-7,16-17,20-21,24H,8-12H2,1-3H3. The van der Waals surface area contributed by atoms with Crippen LogP contribution in [0.3, 0.4) is 0 Å². The molecule has 136 valence electrons. The van der Waals surface area contributed by atoms with Crippen molar-refractivity contribution in [2.75, 3.05) is 31.6 Å². The predicted molar refractivity (Wildman–Crippen MR) is 99.2 cm³/mol. The molecule has 0 fully saturated rings. The lowest BCUT2D eigenvalue weighted by Crippen LogP contribution is -2.39. The molecule has 2 atom stereocenters. The molecule has 25 heavy (non-hydrogen) atoms. The van der Waals surface area contributed by atoms with Gasteiger partial charge in [0, 0.05) is 38.2 Å². The summed E-state index contributed by atoms with van der Waals surface area (Å²) in [6.45, 7) is 9.53. The minimum absolute atomic E-state index is 0.296. The van der Waals surface area contributed by atoms with Crippen LogP contribution in [0.2, 0.25) is 0 Å². The zero-order valence-corrected chi connectivity index (χ0v) is 15.2. The molecule has 2 heterocycles. The highest BCUT2D eigenvalue weighted by Crippen LogP contribution is 2.22. The summed E-state index contributed by atoms with van der Waals surface area (Å²) in [5, 5.41) is 21.4. The van der Waals surface area contributed by atoms with Crippen molar-refractivity contribution in [3.05, 3.63) is 41.1 Å². The van der Waals surface area contributed by atoms with Gasteiger partial charge in [-0.1, -0.05) is 18.2 Å². The molecular weight excluding hydrogens is 316 g/mol. The SMILES string of the molecule is Cc1cc2n(n1)CC(CNCC(O)COc1c(C)cccc1C)CN2. The van der Waals surface area contributed by atoms with Crippen LogP contribution >= 0.6 is 0 Å². The summed E-state index contributed by atoms with van der Waals surface area (Å²) in [4.78, 5) is 0. The van der Waals surface area contributed by atoms with Crippen molar-refractivity contribution in [1.29, 1.82) is 0 Å². The van der Waals surface area contributed by atoms with Crippen LogP contribution in [0.25, 0.3) is 0 Å². The third-order valence-electron chi connectivity index (χ3n) is 4.55. The summed E-state index contributed by atoms with van der Waals surface area (Å²) in [6, 6.07) is 8.13. The van der Waals surface area contributed by atoms with Gasteiger partial charge in [0.1, 0.15) is 24.3 Å². The number of anilines is 1. The van der Waals surface area contributed by atoms with Gasteiger partial charge in [0.2, 0.25) is 0 Å². The fraction of sp³-hybridized carbons (Fsp3) is 0.526. The van der Waals surface area contributed by atoms with Gasteiger partial charge in [0.25, 0.3) is 0 Å². The molecule has 2 aromatic rings. The summed E-state index contributed by atoms with van der Waals surface area (Å²) >= 11 is 0. The third kappa shape index (κ3) is 4.52. The normalized spacial score (nSPS) is 17.7. The number of nitrogens with zero attached hydrogens (tertiary/aromatic N) is 2. The highest BCUT2D eigenvalue weighted by Gasteiger charge is 2.19. The maximum absolute atomic E-state index is 10.2. The van der Waals surface area contributed by atoms with Gasteiger partial charge in [-0.15, -0.1) is 0 Å². The summed E-state index contributed by atoms with van der Waals surface area (Å²) in [7, 11) is 0. The summed E-state index contributed by atoms with van der Waals surface area (Å²) in [5.41, 5.74) is 3.23. The minimum Gasteiger partial charge on any atom is -0.490 e. The lowest BCUT2D eigenvalue weighted by atomic mass is 10.1. The van der Waals surface area contributed by atoms with Crippen molar-refractivity contribution in [3.63, 3.8) is 0 Å². The van der Waals surface area contributed by atoms with Gasteiger partial charge < -0.3 is 20.5 Å². The fourth-order valence-electron chi connectivity index (χ4n) is 3.24. The van der Waals surface area contributed by atoms with E-state index in [4.69, 9.17) is 4.74 Å². The average Bonchev–Trinajstić information content (AvgIpc) is 2.93. The largest absolute Gasteiger partial charge is 0.490 e. The molecule has 0 spiro atoms.